The molecule has 21 heterocycles. The molecule has 4 saturated heterocycles. The zero-order valence-corrected chi connectivity index (χ0v) is 84.7. The Morgan fingerprint density at radius 2 is 0.748 bits per heavy atom. The Morgan fingerprint density at radius 1 is 0.378 bits per heavy atom. The summed E-state index contributed by atoms with van der Waals surface area (Å²) in [6, 6.07) is 41.8. The van der Waals surface area contributed by atoms with Crippen molar-refractivity contribution in [3.05, 3.63) is 216 Å². The number of anilines is 6. The number of hydrogen-bond donors (Lipinski definition) is 6. The molecule has 6 aliphatic rings. The SMILES string of the molecule is COc1cccc(-c2nc(N)c3cc(CN4CCC(F)CC4)sc3n2)c1.Cc1ccc(-c2nc(N)c3cc(CN4CCC(F)CC4)sc3n2)s1.Cc1cccc(-c2nc(N)c3cc(CN4CCOCC4)sc3n2)c1.N#Cc1ccccc1-c1nc(N)c2cc(CN3CCC(F)CC3)sc2n1.Nc1nc(-c2cocn2)nc2sc(CN3CC=CC3)cc12.Nc1nc(-c2cocn2)nc2sc(CN3CC=CCC3)cc12. The Balaban J connectivity index is 0.000000109. The number of methoxy groups -OCH3 is 1. The zero-order chi connectivity index (χ0) is 98.6. The van der Waals surface area contributed by atoms with Crippen LogP contribution in [0, 0.1) is 25.2 Å². The van der Waals surface area contributed by atoms with E-state index < -0.39 is 18.5 Å². The average Bonchev–Trinajstić information content (AvgIpc) is 1.71. The van der Waals surface area contributed by atoms with Gasteiger partial charge < -0.3 is 52.7 Å². The van der Waals surface area contributed by atoms with Crippen molar-refractivity contribution in [1.29, 1.82) is 5.26 Å². The number of nitrogens with two attached hydrogens (primary N) is 6. The van der Waals surface area contributed by atoms with E-state index in [4.69, 9.17) is 67.7 Å². The molecule has 18 aromatic rings. The Kier molecular flexibility index (Phi) is 31.7. The second-order valence-electron chi connectivity index (χ2n) is 35.5. The molecule has 736 valence electrons. The number of morpholine rings is 1. The standard InChI is InChI=1S/C19H18FN5S.C19H21FN4OS.C18H20N4OS.C17H19FN4S2.C15H15N5OS.C14H13N5OS/c20-13-5-7-25(8-6-13)11-14-9-16-17(22)23-18(24-19(16)26-14)15-4-2-1-3-12(15)10-21;1-25-14-4-2-3-12(9-14)18-22-17(21)16-10-15(26-19(16)23-18)11-24-7-5-13(20)6-8-24;1-12-3-2-4-13(9-12)17-20-16(19)15-10-14(24-18(15)21-17)11-22-5-7-23-8-6-22;1-10-2-3-14(23-10)16-20-15(19)13-8-12(24-17(13)21-16)9-22-6-4-11(18)5-7-22;16-13-11-6-10(7-20-4-2-1-3-5-20)22-15(11)19-14(18-13)12-8-21-9-17-12;15-12-10-5-9(6-19-3-1-2-4-19)21-14(10)18-13(17-12)11-7-20-8-16-11/h1-4,9,13H,5-8,11H2,(H2,22,23,24);2-4,9-10,13H,5-8,11H2,1H3,(H2,21,22,23);2-4,9-10H,5-8,11H2,1H3,(H2,19,20,21);2-3,8,11H,4-7,9H2,1H3,(H2,19,20,21);1-2,6,8-9H,3-5,7H2,(H2,16,18,19);1-2,5,7-8H,3-4,6H2,(H2,15,17,18). The highest BCUT2D eigenvalue weighted by atomic mass is 32.1. The second kappa shape index (κ2) is 45.8. The number of piperidine rings is 3. The number of nitriles is 1. The third-order valence-corrected chi connectivity index (χ3v) is 32.1. The number of thiophene rings is 7. The molecule has 0 saturated carbocycles. The minimum atomic E-state index is -0.669. The van der Waals surface area contributed by atoms with Crippen LogP contribution in [0.5, 0.6) is 5.75 Å². The molecule has 0 aliphatic carbocycles. The van der Waals surface area contributed by atoms with E-state index in [2.05, 4.69) is 177 Å². The van der Waals surface area contributed by atoms with Gasteiger partial charge in [0.05, 0.1) is 69.2 Å². The van der Waals surface area contributed by atoms with Gasteiger partial charge in [-0.2, -0.15) is 5.26 Å². The fraction of sp³-hybridized carbons (Fsp3) is 0.324. The third-order valence-electron chi connectivity index (χ3n) is 25.0. The van der Waals surface area contributed by atoms with Crippen LogP contribution in [0.3, 0.4) is 0 Å². The number of aryl methyl sites for hydroxylation is 2. The van der Waals surface area contributed by atoms with Gasteiger partial charge in [-0.3, -0.25) is 29.4 Å². The number of oxazole rings is 2. The number of nitrogens with zero attached hydrogens (tertiary/aromatic N) is 21. The maximum Gasteiger partial charge on any atom is 0.184 e. The molecular formula is C102H106F3N27O4S7. The number of halogens is 3. The number of ether oxygens (including phenoxy) is 2. The van der Waals surface area contributed by atoms with Crippen LogP contribution in [0.15, 0.2) is 180 Å². The molecule has 15 aromatic heterocycles. The first-order chi connectivity index (χ1) is 69.6. The highest BCUT2D eigenvalue weighted by Gasteiger charge is 2.27. The number of hydrogen-bond acceptors (Lipinski definition) is 38. The summed E-state index contributed by atoms with van der Waals surface area (Å²) in [4.78, 5) is 91.5. The molecule has 0 radical (unpaired) electrons. The lowest BCUT2D eigenvalue weighted by molar-refractivity contribution is 0.0346. The first-order valence-electron chi connectivity index (χ1n) is 47.2. The van der Waals surface area contributed by atoms with Crippen molar-refractivity contribution < 1.29 is 31.5 Å². The largest absolute Gasteiger partial charge is 0.497 e. The first kappa shape index (κ1) is 98.9. The van der Waals surface area contributed by atoms with Gasteiger partial charge in [0.25, 0.3) is 0 Å². The topological polar surface area (TPSA) is 425 Å². The van der Waals surface area contributed by atoms with E-state index in [0.29, 0.717) is 131 Å². The molecule has 143 heavy (non-hydrogen) atoms. The van der Waals surface area contributed by atoms with Gasteiger partial charge in [-0.15, -0.1) is 79.4 Å². The molecule has 4 fully saturated rings. The predicted octanol–water partition coefficient (Wildman–Crippen LogP) is 19.9. The summed E-state index contributed by atoms with van der Waals surface area (Å²) in [5.74, 6) is 7.20. The van der Waals surface area contributed by atoms with Gasteiger partial charge in [0.1, 0.15) is 112 Å². The van der Waals surface area contributed by atoms with Crippen LogP contribution in [-0.4, -0.2) is 217 Å². The number of rotatable bonds is 19. The number of likely N-dealkylation sites (tertiary alicyclic amines) is 3. The lowest BCUT2D eigenvalue weighted by Crippen LogP contribution is -2.35. The van der Waals surface area contributed by atoms with Gasteiger partial charge in [-0.1, -0.05) is 72.3 Å². The highest BCUT2D eigenvalue weighted by Crippen LogP contribution is 2.40. The fourth-order valence-corrected chi connectivity index (χ4v) is 24.7. The zero-order valence-electron chi connectivity index (χ0n) is 79.0. The van der Waals surface area contributed by atoms with Crippen molar-refractivity contribution in [3.8, 4) is 79.7 Å². The lowest BCUT2D eigenvalue weighted by Gasteiger charge is -2.27. The number of benzene rings is 3. The van der Waals surface area contributed by atoms with Gasteiger partial charge in [0.15, 0.2) is 47.7 Å². The fourth-order valence-electron chi connectivity index (χ4n) is 17.4. The Labute approximate surface area is 850 Å². The van der Waals surface area contributed by atoms with E-state index in [1.54, 1.807) is 92.5 Å². The van der Waals surface area contributed by atoms with E-state index in [-0.39, 0.29) is 0 Å². The summed E-state index contributed by atoms with van der Waals surface area (Å²) in [7, 11) is 1.63. The maximum absolute atomic E-state index is 13.3. The van der Waals surface area contributed by atoms with Crippen LogP contribution in [0.2, 0.25) is 0 Å². The van der Waals surface area contributed by atoms with E-state index in [1.807, 2.05) is 66.7 Å². The van der Waals surface area contributed by atoms with Crippen LogP contribution in [0.25, 0.3) is 129 Å². The summed E-state index contributed by atoms with van der Waals surface area (Å²) in [5, 5.41) is 14.7. The molecule has 0 unspecified atom stereocenters. The van der Waals surface area contributed by atoms with Gasteiger partial charge in [0, 0.05) is 169 Å². The summed E-state index contributed by atoms with van der Waals surface area (Å²) in [5.41, 5.74) is 42.3. The molecule has 31 nitrogen and oxygen atoms in total. The molecule has 0 spiro atoms. The van der Waals surface area contributed by atoms with E-state index in [0.717, 1.165) is 225 Å². The van der Waals surface area contributed by atoms with Crippen molar-refractivity contribution in [3.63, 3.8) is 0 Å². The number of alkyl halides is 3. The molecule has 12 N–H and O–H groups in total. The van der Waals surface area contributed by atoms with Gasteiger partial charge in [0.2, 0.25) is 0 Å². The Bertz CT molecular complexity index is 7550. The summed E-state index contributed by atoms with van der Waals surface area (Å²) < 4.78 is 60.5. The van der Waals surface area contributed by atoms with Crippen molar-refractivity contribution in [2.24, 2.45) is 0 Å². The number of aromatic nitrogens is 14. The third kappa shape index (κ3) is 24.8. The quantitative estimate of drug-likeness (QED) is 0.0409. The van der Waals surface area contributed by atoms with Crippen LogP contribution < -0.4 is 39.1 Å². The Morgan fingerprint density at radius 3 is 1.15 bits per heavy atom. The van der Waals surface area contributed by atoms with Gasteiger partial charge >= 0.3 is 0 Å². The molecule has 0 amide bonds. The predicted molar refractivity (Wildman–Crippen MR) is 570 cm³/mol. The number of fused-ring (bicyclic) bond motifs is 6. The molecule has 24 rings (SSSR count). The molecular weight excluding hydrogens is 1950 g/mol. The van der Waals surface area contributed by atoms with Crippen LogP contribution in [0.1, 0.15) is 90.2 Å². The molecule has 3 aromatic carbocycles. The summed E-state index contributed by atoms with van der Waals surface area (Å²) in [6.07, 6.45) is 17.4. The minimum Gasteiger partial charge on any atom is -0.497 e. The van der Waals surface area contributed by atoms with Crippen LogP contribution in [0.4, 0.5) is 48.1 Å². The van der Waals surface area contributed by atoms with Crippen molar-refractivity contribution >= 4 is 176 Å². The van der Waals surface area contributed by atoms with Gasteiger partial charge in [-0.25, -0.2) is 82.9 Å². The van der Waals surface area contributed by atoms with Crippen LogP contribution >= 0.6 is 79.4 Å². The van der Waals surface area contributed by atoms with E-state index in [9.17, 15) is 18.4 Å². The lowest BCUT2D eigenvalue weighted by atomic mass is 10.1. The average molecular weight is 2060 g/mol. The Hall–Kier alpha value is -12.9. The summed E-state index contributed by atoms with van der Waals surface area (Å²) in [6.45, 7) is 21.7. The summed E-state index contributed by atoms with van der Waals surface area (Å²) >= 11 is 11.6. The minimum absolute atomic E-state index is 0.419. The monoisotopic (exact) mass is 2050 g/mol. The maximum atomic E-state index is 13.3. The van der Waals surface area contributed by atoms with Crippen molar-refractivity contribution in [1.82, 2.24) is 99.2 Å². The van der Waals surface area contributed by atoms with Crippen molar-refractivity contribution in [2.45, 2.75) is 117 Å². The second-order valence-corrected chi connectivity index (χ2v) is 43.5. The smallest absolute Gasteiger partial charge is 0.184 e. The number of nitrogen functional groups attached to an aromatic ring is 6. The first-order valence-corrected chi connectivity index (χ1v) is 52.9. The van der Waals surface area contributed by atoms with Crippen LogP contribution in [-0.2, 0) is 44.0 Å². The van der Waals surface area contributed by atoms with E-state index >= 15 is 0 Å². The molecule has 6 aliphatic heterocycles. The highest BCUT2D eigenvalue weighted by molar-refractivity contribution is 7.20. The van der Waals surface area contributed by atoms with Crippen molar-refractivity contribution in [2.75, 3.05) is 133 Å². The molecule has 0 bridgehead atoms. The normalized spacial score (nSPS) is 16.0. The molecule has 0 atom stereocenters. The van der Waals surface area contributed by atoms with Gasteiger partial charge in [-0.05, 0) is 138 Å². The van der Waals surface area contributed by atoms with E-state index in [1.165, 1.54) is 60.1 Å². The molecule has 41 heteroatoms.